The molecule has 0 aliphatic carbocycles. The molecule has 2 rings (SSSR count). The molecule has 0 aliphatic rings. The first-order valence-electron chi connectivity index (χ1n) is 5.48. The number of aryl methyl sites for hydroxylation is 2. The minimum absolute atomic E-state index is 0.249. The van der Waals surface area contributed by atoms with Crippen LogP contribution in [0.4, 0.5) is 5.13 Å². The fraction of sp³-hybridized carbons (Fsp3) is 0.364. The quantitative estimate of drug-likeness (QED) is 0.864. The van der Waals surface area contributed by atoms with Gasteiger partial charge in [-0.2, -0.15) is 0 Å². The lowest BCUT2D eigenvalue weighted by atomic mass is 10.4. The van der Waals surface area contributed by atoms with Gasteiger partial charge in [-0.05, 0) is 6.92 Å². The van der Waals surface area contributed by atoms with Crippen LogP contribution in [-0.2, 0) is 13.0 Å². The third-order valence-electron chi connectivity index (χ3n) is 2.33. The number of carboxylic acid groups (broad SMARTS) is 1. The molecule has 0 spiro atoms. The summed E-state index contributed by atoms with van der Waals surface area (Å²) in [6.07, 6.45) is 2.49. The van der Waals surface area contributed by atoms with Crippen LogP contribution in [-0.4, -0.2) is 21.0 Å². The minimum atomic E-state index is -0.956. The molecule has 6 nitrogen and oxygen atoms in total. The van der Waals surface area contributed by atoms with Gasteiger partial charge in [0, 0.05) is 6.42 Å². The summed E-state index contributed by atoms with van der Waals surface area (Å²) in [5.74, 6) is 0.437. The lowest BCUT2D eigenvalue weighted by Crippen LogP contribution is -1.98. The molecule has 0 amide bonds. The Labute approximate surface area is 108 Å². The molecule has 0 aliphatic heterocycles. The zero-order valence-electron chi connectivity index (χ0n) is 10.1. The molecular weight excluding hydrogens is 254 g/mol. The van der Waals surface area contributed by atoms with Crippen LogP contribution >= 0.6 is 11.3 Å². The minimum Gasteiger partial charge on any atom is -0.477 e. The van der Waals surface area contributed by atoms with Crippen molar-refractivity contribution in [3.8, 4) is 0 Å². The highest BCUT2D eigenvalue weighted by atomic mass is 32.1. The summed E-state index contributed by atoms with van der Waals surface area (Å²) >= 11 is 1.11. The highest BCUT2D eigenvalue weighted by Crippen LogP contribution is 2.22. The average molecular weight is 267 g/mol. The molecule has 2 aromatic heterocycles. The van der Waals surface area contributed by atoms with E-state index in [2.05, 4.69) is 15.3 Å². The lowest BCUT2D eigenvalue weighted by Gasteiger charge is -1.97. The molecule has 2 heterocycles. The molecule has 0 unspecified atom stereocenters. The number of aromatic carboxylic acids is 1. The Morgan fingerprint density at radius 2 is 2.39 bits per heavy atom. The van der Waals surface area contributed by atoms with E-state index < -0.39 is 5.97 Å². The Bertz CT molecular complexity index is 562. The van der Waals surface area contributed by atoms with Gasteiger partial charge in [-0.3, -0.25) is 0 Å². The van der Waals surface area contributed by atoms with E-state index in [9.17, 15) is 4.79 Å². The van der Waals surface area contributed by atoms with Gasteiger partial charge >= 0.3 is 5.97 Å². The van der Waals surface area contributed by atoms with E-state index in [-0.39, 0.29) is 4.88 Å². The summed E-state index contributed by atoms with van der Waals surface area (Å²) in [6, 6.07) is 0. The maximum absolute atomic E-state index is 10.9. The first kappa shape index (κ1) is 12.6. The Balaban J connectivity index is 2.01. The first-order chi connectivity index (χ1) is 8.60. The van der Waals surface area contributed by atoms with Crippen LogP contribution in [0.5, 0.6) is 0 Å². The van der Waals surface area contributed by atoms with Crippen molar-refractivity contribution in [3.05, 3.63) is 28.4 Å². The normalized spacial score (nSPS) is 10.6. The van der Waals surface area contributed by atoms with Gasteiger partial charge in [-0.15, -0.1) is 0 Å². The standard InChI is InChI=1S/C11H13N3O3S/c1-3-7-4-12-8(17-7)5-13-11-14-6(2)9(18-11)10(15)16/h4H,3,5H2,1-2H3,(H,13,14)(H,15,16). The highest BCUT2D eigenvalue weighted by molar-refractivity contribution is 7.17. The van der Waals surface area contributed by atoms with Crippen LogP contribution in [0, 0.1) is 6.92 Å². The van der Waals surface area contributed by atoms with Crippen molar-refractivity contribution in [2.24, 2.45) is 0 Å². The number of hydrogen-bond acceptors (Lipinski definition) is 6. The van der Waals surface area contributed by atoms with Crippen molar-refractivity contribution in [2.75, 3.05) is 5.32 Å². The summed E-state index contributed by atoms with van der Waals surface area (Å²) in [5, 5.41) is 12.5. The summed E-state index contributed by atoms with van der Waals surface area (Å²) in [5.41, 5.74) is 0.511. The number of oxazole rings is 1. The second-order valence-electron chi connectivity index (χ2n) is 3.67. The molecule has 2 N–H and O–H groups in total. The maximum Gasteiger partial charge on any atom is 0.347 e. The Kier molecular flexibility index (Phi) is 3.61. The molecule has 18 heavy (non-hydrogen) atoms. The van der Waals surface area contributed by atoms with E-state index in [4.69, 9.17) is 9.52 Å². The Morgan fingerprint density at radius 1 is 1.61 bits per heavy atom. The number of nitrogens with zero attached hydrogens (tertiary/aromatic N) is 2. The summed E-state index contributed by atoms with van der Waals surface area (Å²) in [4.78, 5) is 19.3. The molecule has 96 valence electrons. The number of anilines is 1. The van der Waals surface area contributed by atoms with Gasteiger partial charge in [0.25, 0.3) is 0 Å². The number of aromatic nitrogens is 2. The smallest absolute Gasteiger partial charge is 0.347 e. The number of carbonyl (C=O) groups is 1. The highest BCUT2D eigenvalue weighted by Gasteiger charge is 2.14. The second-order valence-corrected chi connectivity index (χ2v) is 4.67. The summed E-state index contributed by atoms with van der Waals surface area (Å²) in [7, 11) is 0. The zero-order valence-corrected chi connectivity index (χ0v) is 10.9. The van der Waals surface area contributed by atoms with E-state index in [1.54, 1.807) is 13.1 Å². The van der Waals surface area contributed by atoms with Gasteiger partial charge in [-0.1, -0.05) is 18.3 Å². The molecule has 2 aromatic rings. The van der Waals surface area contributed by atoms with Crippen LogP contribution in [0.15, 0.2) is 10.6 Å². The number of thiazole rings is 1. The van der Waals surface area contributed by atoms with E-state index in [1.807, 2.05) is 6.92 Å². The fourth-order valence-electron chi connectivity index (χ4n) is 1.41. The fourth-order valence-corrected chi connectivity index (χ4v) is 2.22. The number of nitrogens with one attached hydrogen (secondary N) is 1. The molecule has 0 fully saturated rings. The molecular formula is C11H13N3O3S. The SMILES string of the molecule is CCc1cnc(CNc2nc(C)c(C(=O)O)s2)o1. The van der Waals surface area contributed by atoms with Crippen LogP contribution in [0.3, 0.4) is 0 Å². The van der Waals surface area contributed by atoms with Crippen molar-refractivity contribution < 1.29 is 14.3 Å². The van der Waals surface area contributed by atoms with Crippen LogP contribution in [0.2, 0.25) is 0 Å². The zero-order chi connectivity index (χ0) is 13.1. The monoisotopic (exact) mass is 267 g/mol. The molecule has 0 bridgehead atoms. The lowest BCUT2D eigenvalue weighted by molar-refractivity contribution is 0.0701. The largest absolute Gasteiger partial charge is 0.477 e. The number of rotatable bonds is 5. The summed E-state index contributed by atoms with van der Waals surface area (Å²) < 4.78 is 5.43. The summed E-state index contributed by atoms with van der Waals surface area (Å²) in [6.45, 7) is 4.05. The van der Waals surface area contributed by atoms with Gasteiger partial charge in [0.15, 0.2) is 5.13 Å². The molecule has 0 aromatic carbocycles. The average Bonchev–Trinajstić information content (AvgIpc) is 2.92. The van der Waals surface area contributed by atoms with E-state index in [0.717, 1.165) is 23.5 Å². The predicted molar refractivity (Wildman–Crippen MR) is 67.0 cm³/mol. The number of hydrogen-bond donors (Lipinski definition) is 2. The van der Waals surface area contributed by atoms with E-state index in [1.165, 1.54) is 0 Å². The van der Waals surface area contributed by atoms with Gasteiger partial charge < -0.3 is 14.8 Å². The van der Waals surface area contributed by atoms with E-state index in [0.29, 0.717) is 23.3 Å². The molecule has 0 radical (unpaired) electrons. The van der Waals surface area contributed by atoms with Crippen molar-refractivity contribution in [1.29, 1.82) is 0 Å². The van der Waals surface area contributed by atoms with Gasteiger partial charge in [0.2, 0.25) is 5.89 Å². The molecule has 7 heteroatoms. The topological polar surface area (TPSA) is 88.2 Å². The molecule has 0 saturated carbocycles. The molecule has 0 atom stereocenters. The van der Waals surface area contributed by atoms with Crippen LogP contribution in [0.25, 0.3) is 0 Å². The first-order valence-corrected chi connectivity index (χ1v) is 6.30. The van der Waals surface area contributed by atoms with Gasteiger partial charge in [0.05, 0.1) is 18.4 Å². The maximum atomic E-state index is 10.9. The Hall–Kier alpha value is -1.89. The predicted octanol–water partition coefficient (Wildman–Crippen LogP) is 2.31. The van der Waals surface area contributed by atoms with Gasteiger partial charge in [0.1, 0.15) is 10.6 Å². The van der Waals surface area contributed by atoms with Crippen molar-refractivity contribution in [1.82, 2.24) is 9.97 Å². The van der Waals surface area contributed by atoms with Crippen molar-refractivity contribution in [3.63, 3.8) is 0 Å². The van der Waals surface area contributed by atoms with Crippen molar-refractivity contribution in [2.45, 2.75) is 26.8 Å². The third-order valence-corrected chi connectivity index (χ3v) is 3.43. The third kappa shape index (κ3) is 2.67. The van der Waals surface area contributed by atoms with Crippen LogP contribution < -0.4 is 5.32 Å². The van der Waals surface area contributed by atoms with Crippen molar-refractivity contribution >= 4 is 22.4 Å². The number of carboxylic acids is 1. The molecule has 0 saturated heterocycles. The van der Waals surface area contributed by atoms with E-state index >= 15 is 0 Å². The second kappa shape index (κ2) is 5.18. The van der Waals surface area contributed by atoms with Gasteiger partial charge in [-0.25, -0.2) is 14.8 Å². The van der Waals surface area contributed by atoms with Crippen LogP contribution in [0.1, 0.15) is 33.9 Å². The Morgan fingerprint density at radius 3 is 2.94 bits per heavy atom.